The summed E-state index contributed by atoms with van der Waals surface area (Å²) >= 11 is 5.99. The van der Waals surface area contributed by atoms with E-state index in [0.29, 0.717) is 12.4 Å². The van der Waals surface area contributed by atoms with E-state index in [1.165, 1.54) is 37.8 Å². The van der Waals surface area contributed by atoms with Crippen molar-refractivity contribution in [2.45, 2.75) is 37.0 Å². The number of hydrogen-bond acceptors (Lipinski definition) is 3. The third-order valence-electron chi connectivity index (χ3n) is 3.49. The highest BCUT2D eigenvalue weighted by molar-refractivity contribution is 7.89. The Hall–Kier alpha value is -0.780. The molecule has 1 aliphatic rings. The van der Waals surface area contributed by atoms with Gasteiger partial charge in [-0.3, -0.25) is 0 Å². The molecule has 1 fully saturated rings. The summed E-state index contributed by atoms with van der Waals surface area (Å²) in [6, 6.07) is 4.28. The van der Waals surface area contributed by atoms with E-state index in [2.05, 4.69) is 0 Å². The second kappa shape index (κ2) is 6.11. The Morgan fingerprint density at radius 2 is 2.00 bits per heavy atom. The van der Waals surface area contributed by atoms with Crippen molar-refractivity contribution in [3.63, 3.8) is 0 Å². The van der Waals surface area contributed by atoms with Gasteiger partial charge in [-0.1, -0.05) is 37.3 Å². The van der Waals surface area contributed by atoms with Crippen molar-refractivity contribution in [3.05, 3.63) is 23.2 Å². The molecule has 6 heteroatoms. The van der Waals surface area contributed by atoms with Crippen molar-refractivity contribution >= 4 is 21.6 Å². The molecular weight excluding hydrogens is 286 g/mol. The van der Waals surface area contributed by atoms with Crippen LogP contribution >= 0.6 is 11.6 Å². The van der Waals surface area contributed by atoms with E-state index in [-0.39, 0.29) is 9.92 Å². The Morgan fingerprint density at radius 3 is 2.58 bits per heavy atom. The molecule has 0 atom stereocenters. The van der Waals surface area contributed by atoms with E-state index >= 15 is 0 Å². The molecular formula is C13H18ClNO3S. The van der Waals surface area contributed by atoms with E-state index in [1.54, 1.807) is 6.07 Å². The van der Waals surface area contributed by atoms with Crippen LogP contribution in [0.4, 0.5) is 0 Å². The first-order valence-electron chi connectivity index (χ1n) is 6.42. The summed E-state index contributed by atoms with van der Waals surface area (Å²) in [5, 5.41) is 5.31. The molecule has 106 valence electrons. The average Bonchev–Trinajstić information content (AvgIpc) is 2.83. The number of sulfonamides is 1. The number of halogens is 1. The lowest BCUT2D eigenvalue weighted by Gasteiger charge is -2.12. The molecule has 0 radical (unpaired) electrons. The van der Waals surface area contributed by atoms with Crippen molar-refractivity contribution in [1.82, 2.24) is 0 Å². The van der Waals surface area contributed by atoms with E-state index in [0.717, 1.165) is 12.3 Å². The van der Waals surface area contributed by atoms with Gasteiger partial charge in [0.2, 0.25) is 10.0 Å². The Morgan fingerprint density at radius 1 is 1.32 bits per heavy atom. The van der Waals surface area contributed by atoms with Crippen molar-refractivity contribution < 1.29 is 13.2 Å². The van der Waals surface area contributed by atoms with Crippen LogP contribution in [-0.4, -0.2) is 15.0 Å². The molecule has 2 N–H and O–H groups in total. The van der Waals surface area contributed by atoms with Crippen molar-refractivity contribution in [2.75, 3.05) is 6.61 Å². The van der Waals surface area contributed by atoms with Gasteiger partial charge in [0, 0.05) is 0 Å². The smallest absolute Gasteiger partial charge is 0.238 e. The Kier molecular flexibility index (Phi) is 4.71. The zero-order valence-corrected chi connectivity index (χ0v) is 12.2. The van der Waals surface area contributed by atoms with Gasteiger partial charge in [-0.05, 0) is 30.5 Å². The van der Waals surface area contributed by atoms with E-state index < -0.39 is 10.0 Å². The predicted octanol–water partition coefficient (Wildman–Crippen LogP) is 2.95. The summed E-state index contributed by atoms with van der Waals surface area (Å²) in [5.74, 6) is 1.26. The summed E-state index contributed by atoms with van der Waals surface area (Å²) in [6.45, 7) is 0.610. The summed E-state index contributed by atoms with van der Waals surface area (Å²) in [4.78, 5) is 0.000595. The van der Waals surface area contributed by atoms with Crippen LogP contribution in [0.1, 0.15) is 32.1 Å². The number of hydrogen-bond donors (Lipinski definition) is 1. The fourth-order valence-electron chi connectivity index (χ4n) is 2.41. The molecule has 1 aromatic rings. The maximum Gasteiger partial charge on any atom is 0.238 e. The summed E-state index contributed by atoms with van der Waals surface area (Å²) in [5.41, 5.74) is 0. The highest BCUT2D eigenvalue weighted by Gasteiger charge is 2.15. The van der Waals surface area contributed by atoms with E-state index in [1.807, 2.05) is 0 Å². The molecule has 0 unspecified atom stereocenters. The summed E-state index contributed by atoms with van der Waals surface area (Å²) < 4.78 is 27.9. The molecule has 1 aromatic carbocycles. The normalized spacial score (nSPS) is 16.7. The highest BCUT2D eigenvalue weighted by atomic mass is 35.5. The third-order valence-corrected chi connectivity index (χ3v) is 4.70. The van der Waals surface area contributed by atoms with Crippen LogP contribution < -0.4 is 9.88 Å². The van der Waals surface area contributed by atoms with Crippen molar-refractivity contribution in [2.24, 2.45) is 11.1 Å². The number of primary sulfonamides is 1. The number of nitrogens with two attached hydrogens (primary N) is 1. The van der Waals surface area contributed by atoms with Crippen LogP contribution in [0, 0.1) is 5.92 Å². The molecule has 4 nitrogen and oxygen atoms in total. The molecule has 2 rings (SSSR count). The van der Waals surface area contributed by atoms with Crippen LogP contribution in [0.15, 0.2) is 23.1 Å². The largest absolute Gasteiger partial charge is 0.492 e. The first kappa shape index (κ1) is 14.6. The Balaban J connectivity index is 1.93. The lowest BCUT2D eigenvalue weighted by Crippen LogP contribution is -2.12. The van der Waals surface area contributed by atoms with Gasteiger partial charge in [-0.15, -0.1) is 0 Å². The van der Waals surface area contributed by atoms with Gasteiger partial charge in [0.05, 0.1) is 16.5 Å². The number of benzene rings is 1. The van der Waals surface area contributed by atoms with Crippen LogP contribution in [0.25, 0.3) is 0 Å². The molecule has 1 saturated carbocycles. The second-order valence-corrected chi connectivity index (χ2v) is 6.89. The topological polar surface area (TPSA) is 69.4 Å². The molecule has 0 amide bonds. The quantitative estimate of drug-likeness (QED) is 0.909. The number of ether oxygens (including phenoxy) is 1. The molecule has 0 heterocycles. The van der Waals surface area contributed by atoms with Gasteiger partial charge in [-0.2, -0.15) is 0 Å². The first-order valence-corrected chi connectivity index (χ1v) is 8.34. The minimum Gasteiger partial charge on any atom is -0.492 e. The van der Waals surface area contributed by atoms with E-state index in [4.69, 9.17) is 21.5 Å². The molecule has 0 saturated heterocycles. The molecule has 0 aromatic heterocycles. The van der Waals surface area contributed by atoms with Gasteiger partial charge in [-0.25, -0.2) is 13.6 Å². The fourth-order valence-corrected chi connectivity index (χ4v) is 3.25. The second-order valence-electron chi connectivity index (χ2n) is 4.92. The maximum absolute atomic E-state index is 11.2. The van der Waals surface area contributed by atoms with Gasteiger partial charge in [0.25, 0.3) is 0 Å². The van der Waals surface area contributed by atoms with Gasteiger partial charge in [0.1, 0.15) is 5.75 Å². The average molecular weight is 304 g/mol. The highest BCUT2D eigenvalue weighted by Crippen LogP contribution is 2.30. The Labute approximate surface area is 118 Å². The van der Waals surface area contributed by atoms with Crippen molar-refractivity contribution in [1.29, 1.82) is 0 Å². The van der Waals surface area contributed by atoms with Crippen LogP contribution in [0.2, 0.25) is 5.02 Å². The Bertz CT molecular complexity index is 539. The monoisotopic (exact) mass is 303 g/mol. The fraction of sp³-hybridized carbons (Fsp3) is 0.538. The number of rotatable bonds is 5. The van der Waals surface area contributed by atoms with Gasteiger partial charge >= 0.3 is 0 Å². The lowest BCUT2D eigenvalue weighted by molar-refractivity contribution is 0.279. The molecule has 0 bridgehead atoms. The standard InChI is InChI=1S/C13H18ClNO3S/c14-12-9-11(19(15,16)17)5-6-13(12)18-8-7-10-3-1-2-4-10/h5-6,9-10H,1-4,7-8H2,(H2,15,16,17). The molecule has 19 heavy (non-hydrogen) atoms. The van der Waals surface area contributed by atoms with Crippen LogP contribution in [-0.2, 0) is 10.0 Å². The van der Waals surface area contributed by atoms with Crippen LogP contribution in [0.3, 0.4) is 0 Å². The summed E-state index contributed by atoms with van der Waals surface area (Å²) in [7, 11) is -3.72. The molecule has 0 spiro atoms. The van der Waals surface area contributed by atoms with Gasteiger partial charge < -0.3 is 4.74 Å². The maximum atomic E-state index is 11.2. The predicted molar refractivity (Wildman–Crippen MR) is 74.9 cm³/mol. The minimum atomic E-state index is -3.72. The lowest BCUT2D eigenvalue weighted by atomic mass is 10.1. The van der Waals surface area contributed by atoms with Crippen molar-refractivity contribution in [3.8, 4) is 5.75 Å². The molecule has 0 aliphatic heterocycles. The minimum absolute atomic E-state index is 0.000595. The van der Waals surface area contributed by atoms with Gasteiger partial charge in [0.15, 0.2) is 0 Å². The third kappa shape index (κ3) is 4.09. The SMILES string of the molecule is NS(=O)(=O)c1ccc(OCCC2CCCC2)c(Cl)c1. The molecule has 1 aliphatic carbocycles. The summed E-state index contributed by atoms with van der Waals surface area (Å²) in [6.07, 6.45) is 6.21. The zero-order chi connectivity index (χ0) is 13.9. The van der Waals surface area contributed by atoms with E-state index in [9.17, 15) is 8.42 Å². The zero-order valence-electron chi connectivity index (χ0n) is 10.6. The van der Waals surface area contributed by atoms with Crippen LogP contribution in [0.5, 0.6) is 5.75 Å². The first-order chi connectivity index (χ1) is 8.97.